The van der Waals surface area contributed by atoms with Gasteiger partial charge in [-0.1, -0.05) is 17.7 Å². The summed E-state index contributed by atoms with van der Waals surface area (Å²) >= 11 is 7.49. The Kier molecular flexibility index (Phi) is 6.58. The molecule has 0 aliphatic rings. The third kappa shape index (κ3) is 4.61. The number of ether oxygens (including phenoxy) is 1. The van der Waals surface area contributed by atoms with Crippen molar-refractivity contribution in [3.8, 4) is 5.75 Å². The van der Waals surface area contributed by atoms with Gasteiger partial charge in [-0.25, -0.2) is 8.42 Å². The molecule has 0 atom stereocenters. The number of halogens is 1. The molecule has 0 aliphatic heterocycles. The Balaban J connectivity index is 1.60. The zero-order chi connectivity index (χ0) is 24.6. The molecule has 4 rings (SSSR count). The summed E-state index contributed by atoms with van der Waals surface area (Å²) in [6.07, 6.45) is 0. The molecule has 0 fully saturated rings. The number of nitrogens with zero attached hydrogens (tertiary/aromatic N) is 1. The van der Waals surface area contributed by atoms with E-state index in [2.05, 4.69) is 5.32 Å². The van der Waals surface area contributed by atoms with Gasteiger partial charge < -0.3 is 10.1 Å². The minimum atomic E-state index is -3.78. The van der Waals surface area contributed by atoms with E-state index in [1.807, 2.05) is 19.1 Å². The predicted molar refractivity (Wildman–Crippen MR) is 139 cm³/mol. The zero-order valence-corrected chi connectivity index (χ0v) is 21.4. The third-order valence-electron chi connectivity index (χ3n) is 5.54. The van der Waals surface area contributed by atoms with Crippen LogP contribution in [0.3, 0.4) is 0 Å². The van der Waals surface area contributed by atoms with Crippen molar-refractivity contribution in [2.45, 2.75) is 18.7 Å². The molecule has 0 spiro atoms. The smallest absolute Gasteiger partial charge is 0.265 e. The Labute approximate surface area is 207 Å². The number of amides is 1. The van der Waals surface area contributed by atoms with E-state index in [4.69, 9.17) is 16.3 Å². The average molecular weight is 515 g/mol. The van der Waals surface area contributed by atoms with E-state index in [1.165, 1.54) is 28.8 Å². The lowest BCUT2D eigenvalue weighted by atomic mass is 10.2. The quantitative estimate of drug-likeness (QED) is 0.329. The maximum Gasteiger partial charge on any atom is 0.265 e. The number of hydrogen-bond donors (Lipinski definition) is 1. The van der Waals surface area contributed by atoms with E-state index in [0.29, 0.717) is 27.0 Å². The van der Waals surface area contributed by atoms with Gasteiger partial charge in [-0.05, 0) is 85.0 Å². The number of aryl methyl sites for hydroxylation is 2. The fraction of sp³-hybridized carbons (Fsp3) is 0.160. The topological polar surface area (TPSA) is 75.7 Å². The summed E-state index contributed by atoms with van der Waals surface area (Å²) in [6, 6.07) is 17.2. The van der Waals surface area contributed by atoms with E-state index in [9.17, 15) is 13.2 Å². The molecule has 0 bridgehead atoms. The number of nitrogens with one attached hydrogen (secondary N) is 1. The molecule has 34 heavy (non-hydrogen) atoms. The highest BCUT2D eigenvalue weighted by atomic mass is 35.5. The number of rotatable bonds is 6. The second-order valence-electron chi connectivity index (χ2n) is 7.85. The monoisotopic (exact) mass is 514 g/mol. The standard InChI is InChI=1S/C25H23ClN2O4S2/c1-15-5-6-18(14-21(15)26)27-25(29)24-13-17-12-19(7-10-23(17)33-24)28(3)34(30,31)20-8-9-22(32-4)16(2)11-20/h5-14H,1-4H3,(H,27,29). The van der Waals surface area contributed by atoms with Gasteiger partial charge in [0.2, 0.25) is 0 Å². The zero-order valence-electron chi connectivity index (χ0n) is 19.0. The normalized spacial score (nSPS) is 11.4. The van der Waals surface area contributed by atoms with Crippen LogP contribution in [0.1, 0.15) is 20.8 Å². The number of benzene rings is 3. The molecular formula is C25H23ClN2O4S2. The first kappa shape index (κ1) is 24.1. The van der Waals surface area contributed by atoms with E-state index in [-0.39, 0.29) is 10.8 Å². The molecule has 0 unspecified atom stereocenters. The largest absolute Gasteiger partial charge is 0.496 e. The van der Waals surface area contributed by atoms with E-state index < -0.39 is 10.0 Å². The highest BCUT2D eigenvalue weighted by molar-refractivity contribution is 7.92. The van der Waals surface area contributed by atoms with Crippen LogP contribution in [-0.4, -0.2) is 28.5 Å². The summed E-state index contributed by atoms with van der Waals surface area (Å²) in [5, 5.41) is 4.21. The van der Waals surface area contributed by atoms with Crippen molar-refractivity contribution in [2.24, 2.45) is 0 Å². The highest BCUT2D eigenvalue weighted by Gasteiger charge is 2.23. The lowest BCUT2D eigenvalue weighted by molar-refractivity contribution is 0.103. The first-order valence-corrected chi connectivity index (χ1v) is 13.0. The van der Waals surface area contributed by atoms with Crippen LogP contribution in [0.4, 0.5) is 11.4 Å². The van der Waals surface area contributed by atoms with Crippen LogP contribution in [0.2, 0.25) is 5.02 Å². The minimum Gasteiger partial charge on any atom is -0.496 e. The minimum absolute atomic E-state index is 0.176. The van der Waals surface area contributed by atoms with Gasteiger partial charge in [0.05, 0.1) is 22.6 Å². The number of anilines is 2. The molecule has 1 amide bonds. The third-order valence-corrected chi connectivity index (χ3v) is 8.85. The number of fused-ring (bicyclic) bond motifs is 1. The fourth-order valence-electron chi connectivity index (χ4n) is 3.51. The molecule has 3 aromatic carbocycles. The highest BCUT2D eigenvalue weighted by Crippen LogP contribution is 2.32. The molecule has 0 aliphatic carbocycles. The first-order valence-electron chi connectivity index (χ1n) is 10.3. The van der Waals surface area contributed by atoms with Gasteiger partial charge in [0.25, 0.3) is 15.9 Å². The van der Waals surface area contributed by atoms with Gasteiger partial charge in [0.15, 0.2) is 0 Å². The molecule has 1 aromatic heterocycles. The molecule has 1 heterocycles. The number of sulfonamides is 1. The second-order valence-corrected chi connectivity index (χ2v) is 11.3. The molecule has 0 saturated heterocycles. The lowest BCUT2D eigenvalue weighted by Crippen LogP contribution is -2.26. The van der Waals surface area contributed by atoms with Crippen molar-refractivity contribution in [2.75, 3.05) is 23.8 Å². The van der Waals surface area contributed by atoms with Gasteiger partial charge in [0.1, 0.15) is 5.75 Å². The van der Waals surface area contributed by atoms with Gasteiger partial charge in [-0.15, -0.1) is 11.3 Å². The SMILES string of the molecule is COc1ccc(S(=O)(=O)N(C)c2ccc3sc(C(=O)Nc4ccc(C)c(Cl)c4)cc3c2)cc1C. The Bertz CT molecular complexity index is 1510. The van der Waals surface area contributed by atoms with Crippen molar-refractivity contribution < 1.29 is 17.9 Å². The maximum absolute atomic E-state index is 13.2. The van der Waals surface area contributed by atoms with Crippen LogP contribution in [-0.2, 0) is 10.0 Å². The van der Waals surface area contributed by atoms with Crippen LogP contribution in [0.25, 0.3) is 10.1 Å². The number of thiophene rings is 1. The van der Waals surface area contributed by atoms with Gasteiger partial charge in [0, 0.05) is 22.5 Å². The van der Waals surface area contributed by atoms with Gasteiger partial charge in [-0.3, -0.25) is 9.10 Å². The van der Waals surface area contributed by atoms with Crippen molar-refractivity contribution >= 4 is 60.3 Å². The van der Waals surface area contributed by atoms with Crippen molar-refractivity contribution in [3.63, 3.8) is 0 Å². The summed E-state index contributed by atoms with van der Waals surface area (Å²) in [6.45, 7) is 3.69. The number of hydrogen-bond acceptors (Lipinski definition) is 5. The molecule has 1 N–H and O–H groups in total. The van der Waals surface area contributed by atoms with Crippen LogP contribution in [0.5, 0.6) is 5.75 Å². The summed E-state index contributed by atoms with van der Waals surface area (Å²) in [5.74, 6) is 0.373. The Morgan fingerprint density at radius 1 is 1.00 bits per heavy atom. The number of methoxy groups -OCH3 is 1. The Morgan fingerprint density at radius 3 is 2.44 bits per heavy atom. The maximum atomic E-state index is 13.2. The van der Waals surface area contributed by atoms with E-state index in [1.54, 1.807) is 56.5 Å². The summed E-state index contributed by atoms with van der Waals surface area (Å²) in [7, 11) is -0.721. The van der Waals surface area contributed by atoms with Gasteiger partial charge >= 0.3 is 0 Å². The van der Waals surface area contributed by atoms with Crippen LogP contribution < -0.4 is 14.4 Å². The lowest BCUT2D eigenvalue weighted by Gasteiger charge is -2.20. The molecule has 176 valence electrons. The number of carbonyl (C=O) groups excluding carboxylic acids is 1. The first-order chi connectivity index (χ1) is 16.1. The Hall–Kier alpha value is -3.07. The summed E-state index contributed by atoms with van der Waals surface area (Å²) in [4.78, 5) is 13.5. The molecule has 6 nitrogen and oxygen atoms in total. The second kappa shape index (κ2) is 9.29. The summed E-state index contributed by atoms with van der Waals surface area (Å²) in [5.41, 5.74) is 2.77. The molecule has 9 heteroatoms. The Morgan fingerprint density at radius 2 is 1.76 bits per heavy atom. The number of carbonyl (C=O) groups is 1. The fourth-order valence-corrected chi connectivity index (χ4v) is 5.90. The van der Waals surface area contributed by atoms with Crippen LogP contribution in [0.15, 0.2) is 65.6 Å². The molecular weight excluding hydrogens is 492 g/mol. The molecule has 0 saturated carbocycles. The predicted octanol–water partition coefficient (Wildman–Crippen LogP) is 6.26. The van der Waals surface area contributed by atoms with Crippen LogP contribution >= 0.6 is 22.9 Å². The van der Waals surface area contributed by atoms with Crippen molar-refractivity contribution in [1.82, 2.24) is 0 Å². The molecule has 4 aromatic rings. The van der Waals surface area contributed by atoms with Crippen LogP contribution in [0, 0.1) is 13.8 Å². The molecule has 0 radical (unpaired) electrons. The van der Waals surface area contributed by atoms with Crippen molar-refractivity contribution in [1.29, 1.82) is 0 Å². The van der Waals surface area contributed by atoms with Crippen molar-refractivity contribution in [3.05, 3.63) is 81.7 Å². The van der Waals surface area contributed by atoms with Gasteiger partial charge in [-0.2, -0.15) is 0 Å². The van der Waals surface area contributed by atoms with E-state index >= 15 is 0 Å². The average Bonchev–Trinajstić information content (AvgIpc) is 3.24. The van der Waals surface area contributed by atoms with E-state index in [0.717, 1.165) is 21.2 Å². The summed E-state index contributed by atoms with van der Waals surface area (Å²) < 4.78 is 33.7.